The summed E-state index contributed by atoms with van der Waals surface area (Å²) in [5, 5.41) is 0. The van der Waals surface area contributed by atoms with Crippen molar-refractivity contribution in [1.29, 1.82) is 0 Å². The van der Waals surface area contributed by atoms with E-state index in [-0.39, 0.29) is 5.41 Å². The first-order valence-corrected chi connectivity index (χ1v) is 7.23. The Bertz CT molecular complexity index is 457. The molecule has 0 aliphatic heterocycles. The highest BCUT2D eigenvalue weighted by molar-refractivity contribution is 7.89. The summed E-state index contributed by atoms with van der Waals surface area (Å²) in [5.41, 5.74) is 5.75. The Morgan fingerprint density at radius 1 is 1.53 bits per heavy atom. The van der Waals surface area contributed by atoms with Crippen molar-refractivity contribution in [3.8, 4) is 0 Å². The third-order valence-corrected chi connectivity index (χ3v) is 5.48. The minimum Gasteiger partial charge on any atom is -0.366 e. The van der Waals surface area contributed by atoms with E-state index in [4.69, 9.17) is 5.73 Å². The van der Waals surface area contributed by atoms with Crippen molar-refractivity contribution >= 4 is 10.0 Å². The molecule has 0 bridgehead atoms. The molecule has 1 aromatic heterocycles. The molecule has 5 nitrogen and oxygen atoms in total. The van der Waals surface area contributed by atoms with E-state index in [1.165, 1.54) is 10.5 Å². The maximum atomic E-state index is 12.2. The van der Waals surface area contributed by atoms with Gasteiger partial charge in [-0.05, 0) is 30.9 Å². The fourth-order valence-corrected chi connectivity index (χ4v) is 3.57. The zero-order valence-corrected chi connectivity index (χ0v) is 10.8. The summed E-state index contributed by atoms with van der Waals surface area (Å²) in [6.07, 6.45) is 6.31. The van der Waals surface area contributed by atoms with Crippen LogP contribution in [0.1, 0.15) is 19.3 Å². The molecule has 0 amide bonds. The van der Waals surface area contributed by atoms with E-state index in [9.17, 15) is 8.42 Å². The largest absolute Gasteiger partial charge is 0.366 e. The number of hydrogen-bond donors (Lipinski definition) is 2. The van der Waals surface area contributed by atoms with E-state index in [0.29, 0.717) is 18.0 Å². The average molecular weight is 257 g/mol. The Labute approximate surface area is 102 Å². The molecule has 0 radical (unpaired) electrons. The molecule has 0 atom stereocenters. The van der Waals surface area contributed by atoms with Crippen LogP contribution in [0.4, 0.5) is 0 Å². The van der Waals surface area contributed by atoms with Crippen LogP contribution in [-0.2, 0) is 10.0 Å². The van der Waals surface area contributed by atoms with Crippen LogP contribution in [0.15, 0.2) is 23.4 Å². The lowest BCUT2D eigenvalue weighted by Crippen LogP contribution is -2.47. The van der Waals surface area contributed by atoms with Gasteiger partial charge in [0.15, 0.2) is 0 Å². The van der Waals surface area contributed by atoms with Gasteiger partial charge in [-0.2, -0.15) is 0 Å². The topological polar surface area (TPSA) is 79.2 Å². The van der Waals surface area contributed by atoms with Gasteiger partial charge in [-0.3, -0.25) is 0 Å². The molecule has 1 aliphatic carbocycles. The third-order valence-electron chi connectivity index (χ3n) is 3.68. The Morgan fingerprint density at radius 2 is 2.24 bits per heavy atom. The van der Waals surface area contributed by atoms with E-state index in [2.05, 4.69) is 4.98 Å². The van der Waals surface area contributed by atoms with Crippen LogP contribution in [0, 0.1) is 5.41 Å². The second-order valence-corrected chi connectivity index (χ2v) is 6.91. The van der Waals surface area contributed by atoms with Crippen LogP contribution in [0.3, 0.4) is 0 Å². The summed E-state index contributed by atoms with van der Waals surface area (Å²) in [6, 6.07) is 1.57. The predicted molar refractivity (Wildman–Crippen MR) is 65.9 cm³/mol. The molecule has 6 heteroatoms. The number of sulfonamides is 1. The highest BCUT2D eigenvalue weighted by Gasteiger charge is 2.39. The molecule has 1 aromatic rings. The first-order valence-electron chi connectivity index (χ1n) is 5.79. The van der Waals surface area contributed by atoms with E-state index >= 15 is 0 Å². The zero-order chi connectivity index (χ0) is 12.5. The first-order chi connectivity index (χ1) is 8.00. The minimum absolute atomic E-state index is 0.00186. The molecule has 1 aliphatic rings. The zero-order valence-electron chi connectivity index (χ0n) is 10.0. The second-order valence-electron chi connectivity index (χ2n) is 4.87. The molecule has 0 saturated heterocycles. The van der Waals surface area contributed by atoms with Gasteiger partial charge in [-0.25, -0.2) is 12.7 Å². The van der Waals surface area contributed by atoms with Gasteiger partial charge >= 0.3 is 0 Å². The van der Waals surface area contributed by atoms with Gasteiger partial charge in [0.25, 0.3) is 0 Å². The summed E-state index contributed by atoms with van der Waals surface area (Å²) < 4.78 is 25.8. The molecule has 0 aromatic carbocycles. The van der Waals surface area contributed by atoms with E-state index < -0.39 is 10.0 Å². The Balaban J connectivity index is 2.12. The Morgan fingerprint density at radius 3 is 2.65 bits per heavy atom. The molecular formula is C11H19N3O2S. The number of nitrogens with two attached hydrogens (primary N) is 1. The van der Waals surface area contributed by atoms with E-state index in [1.54, 1.807) is 19.3 Å². The number of aromatic nitrogens is 1. The van der Waals surface area contributed by atoms with Crippen LogP contribution in [0.25, 0.3) is 0 Å². The highest BCUT2D eigenvalue weighted by atomic mass is 32.2. The second kappa shape index (κ2) is 4.44. The number of rotatable bonds is 5. The number of H-pyrrole nitrogens is 1. The lowest BCUT2D eigenvalue weighted by molar-refractivity contribution is 0.118. The molecule has 2 rings (SSSR count). The number of nitrogens with zero attached hydrogens (tertiary/aromatic N) is 1. The van der Waals surface area contributed by atoms with Crippen LogP contribution >= 0.6 is 0 Å². The maximum Gasteiger partial charge on any atom is 0.244 e. The first kappa shape index (κ1) is 12.6. The van der Waals surface area contributed by atoms with E-state index in [1.807, 2.05) is 0 Å². The maximum absolute atomic E-state index is 12.2. The van der Waals surface area contributed by atoms with Gasteiger partial charge in [-0.1, -0.05) is 6.42 Å². The van der Waals surface area contributed by atoms with Gasteiger partial charge in [0.05, 0.1) is 4.90 Å². The fraction of sp³-hybridized carbons (Fsp3) is 0.636. The van der Waals surface area contributed by atoms with Gasteiger partial charge < -0.3 is 10.7 Å². The van der Waals surface area contributed by atoms with Crippen LogP contribution in [0.5, 0.6) is 0 Å². The van der Waals surface area contributed by atoms with Gasteiger partial charge in [0, 0.05) is 26.0 Å². The van der Waals surface area contributed by atoms with Gasteiger partial charge in [0.1, 0.15) is 0 Å². The van der Waals surface area contributed by atoms with Crippen molar-refractivity contribution in [3.63, 3.8) is 0 Å². The summed E-state index contributed by atoms with van der Waals surface area (Å²) >= 11 is 0. The molecular weight excluding hydrogens is 238 g/mol. The number of nitrogens with one attached hydrogen (secondary N) is 1. The van der Waals surface area contributed by atoms with Crippen molar-refractivity contribution in [2.45, 2.75) is 24.2 Å². The predicted octanol–water partition coefficient (Wildman–Crippen LogP) is 0.764. The highest BCUT2D eigenvalue weighted by Crippen LogP contribution is 2.41. The van der Waals surface area contributed by atoms with Crippen molar-refractivity contribution in [3.05, 3.63) is 18.5 Å². The fourth-order valence-electron chi connectivity index (χ4n) is 2.31. The minimum atomic E-state index is -3.37. The smallest absolute Gasteiger partial charge is 0.244 e. The van der Waals surface area contributed by atoms with Gasteiger partial charge in [0.2, 0.25) is 10.0 Å². The number of hydrogen-bond acceptors (Lipinski definition) is 3. The van der Waals surface area contributed by atoms with Crippen molar-refractivity contribution in [2.75, 3.05) is 20.1 Å². The SMILES string of the molecule is CN(CC1(CN)CCC1)S(=O)(=O)c1cc[nH]c1. The van der Waals surface area contributed by atoms with Crippen LogP contribution < -0.4 is 5.73 Å². The van der Waals surface area contributed by atoms with Crippen molar-refractivity contribution in [1.82, 2.24) is 9.29 Å². The third kappa shape index (κ3) is 2.25. The van der Waals surface area contributed by atoms with Crippen molar-refractivity contribution < 1.29 is 8.42 Å². The van der Waals surface area contributed by atoms with E-state index in [0.717, 1.165) is 19.3 Å². The molecule has 3 N–H and O–H groups in total. The molecule has 96 valence electrons. The quantitative estimate of drug-likeness (QED) is 0.817. The average Bonchev–Trinajstić information content (AvgIpc) is 2.76. The molecule has 0 spiro atoms. The molecule has 1 heterocycles. The van der Waals surface area contributed by atoms with Crippen LogP contribution in [-0.4, -0.2) is 37.8 Å². The standard InChI is InChI=1S/C11H19N3O2S/c1-14(9-11(8-12)4-2-5-11)17(15,16)10-3-6-13-7-10/h3,6-7,13H,2,4-5,8-9,12H2,1H3. The molecule has 17 heavy (non-hydrogen) atoms. The Hall–Kier alpha value is -0.850. The monoisotopic (exact) mass is 257 g/mol. The lowest BCUT2D eigenvalue weighted by Gasteiger charge is -2.43. The summed E-state index contributed by atoms with van der Waals surface area (Å²) in [5.74, 6) is 0. The molecule has 1 fully saturated rings. The van der Waals surface area contributed by atoms with Crippen molar-refractivity contribution in [2.24, 2.45) is 11.1 Å². The number of aromatic amines is 1. The van der Waals surface area contributed by atoms with Crippen LogP contribution in [0.2, 0.25) is 0 Å². The summed E-state index contributed by atoms with van der Waals surface area (Å²) in [7, 11) is -1.75. The molecule has 1 saturated carbocycles. The molecule has 0 unspecified atom stereocenters. The summed E-state index contributed by atoms with van der Waals surface area (Å²) in [4.78, 5) is 3.08. The normalized spacial score (nSPS) is 19.2. The summed E-state index contributed by atoms with van der Waals surface area (Å²) in [6.45, 7) is 1.07. The lowest BCUT2D eigenvalue weighted by atomic mass is 9.69. The Kier molecular flexibility index (Phi) is 3.29. The van der Waals surface area contributed by atoms with Gasteiger partial charge in [-0.15, -0.1) is 0 Å².